The van der Waals surface area contributed by atoms with Gasteiger partial charge in [0.05, 0.1) is 5.31 Å². The fourth-order valence-electron chi connectivity index (χ4n) is 3.98. The van der Waals surface area contributed by atoms with Gasteiger partial charge >= 0.3 is 6.99 Å². The van der Waals surface area contributed by atoms with Gasteiger partial charge < -0.3 is 9.63 Å². The molecule has 0 spiro atoms. The van der Waals surface area contributed by atoms with Gasteiger partial charge in [-0.05, 0) is 23.6 Å². The summed E-state index contributed by atoms with van der Waals surface area (Å²) >= 11 is 0. The SMILES string of the molecule is CCCCCCC(C)(CCCCCC)CNC(=O)C(C)(C)B(F)C(C)(C)C. The van der Waals surface area contributed by atoms with Crippen molar-refractivity contribution in [3.8, 4) is 0 Å². The second-order valence-corrected chi connectivity index (χ2v) is 10.6. The maximum absolute atomic E-state index is 14.9. The van der Waals surface area contributed by atoms with Crippen molar-refractivity contribution in [2.24, 2.45) is 5.41 Å². The zero-order chi connectivity index (χ0) is 21.1. The third-order valence-electron chi connectivity index (χ3n) is 5.92. The Labute approximate surface area is 170 Å². The first-order valence-electron chi connectivity index (χ1n) is 11.3. The quantitative estimate of drug-likeness (QED) is 0.243. The first kappa shape index (κ1) is 26.5. The van der Waals surface area contributed by atoms with Gasteiger partial charge in [-0.25, -0.2) is 0 Å². The van der Waals surface area contributed by atoms with E-state index in [4.69, 9.17) is 0 Å². The molecule has 0 rings (SSSR count). The molecule has 2 nitrogen and oxygen atoms in total. The van der Waals surface area contributed by atoms with Gasteiger partial charge in [0.25, 0.3) is 0 Å². The van der Waals surface area contributed by atoms with Gasteiger partial charge in [0.1, 0.15) is 0 Å². The highest BCUT2D eigenvalue weighted by Gasteiger charge is 2.48. The topological polar surface area (TPSA) is 29.1 Å². The van der Waals surface area contributed by atoms with Crippen LogP contribution in [0.25, 0.3) is 0 Å². The summed E-state index contributed by atoms with van der Waals surface area (Å²) < 4.78 is 14.9. The zero-order valence-corrected chi connectivity index (χ0v) is 19.6. The maximum Gasteiger partial charge on any atom is 0.368 e. The second kappa shape index (κ2) is 12.1. The summed E-state index contributed by atoms with van der Waals surface area (Å²) in [5.41, 5.74) is 0.112. The van der Waals surface area contributed by atoms with E-state index in [9.17, 15) is 9.11 Å². The molecule has 1 N–H and O–H groups in total. The Hall–Kier alpha value is -0.535. The van der Waals surface area contributed by atoms with E-state index < -0.39 is 17.6 Å². The van der Waals surface area contributed by atoms with Gasteiger partial charge in [-0.2, -0.15) is 0 Å². The van der Waals surface area contributed by atoms with Crippen molar-refractivity contribution in [1.29, 1.82) is 0 Å². The van der Waals surface area contributed by atoms with Gasteiger partial charge in [0, 0.05) is 6.54 Å². The Bertz CT molecular complexity index is 405. The van der Waals surface area contributed by atoms with E-state index in [1.54, 1.807) is 13.8 Å². The molecule has 0 aromatic carbocycles. The molecular weight excluding hydrogens is 336 g/mol. The molecule has 0 saturated carbocycles. The van der Waals surface area contributed by atoms with E-state index in [0.29, 0.717) is 6.54 Å². The van der Waals surface area contributed by atoms with Gasteiger partial charge in [0.2, 0.25) is 5.91 Å². The number of rotatable bonds is 14. The summed E-state index contributed by atoms with van der Waals surface area (Å²) in [4.78, 5) is 12.8. The second-order valence-electron chi connectivity index (χ2n) is 10.6. The highest BCUT2D eigenvalue weighted by atomic mass is 19.1. The zero-order valence-electron chi connectivity index (χ0n) is 19.6. The predicted molar refractivity (Wildman–Crippen MR) is 119 cm³/mol. The monoisotopic (exact) mass is 383 g/mol. The van der Waals surface area contributed by atoms with E-state index in [2.05, 4.69) is 26.1 Å². The van der Waals surface area contributed by atoms with Crippen LogP contribution in [-0.4, -0.2) is 19.4 Å². The number of hydrogen-bond acceptors (Lipinski definition) is 1. The van der Waals surface area contributed by atoms with Crippen LogP contribution in [0.15, 0.2) is 0 Å². The van der Waals surface area contributed by atoms with Gasteiger partial charge in [-0.15, -0.1) is 0 Å². The smallest absolute Gasteiger partial charge is 0.356 e. The van der Waals surface area contributed by atoms with Crippen LogP contribution < -0.4 is 5.32 Å². The molecule has 4 heteroatoms. The lowest BCUT2D eigenvalue weighted by Gasteiger charge is -2.35. The van der Waals surface area contributed by atoms with Crippen LogP contribution in [0.5, 0.6) is 0 Å². The minimum Gasteiger partial charge on any atom is -0.356 e. The van der Waals surface area contributed by atoms with E-state index in [0.717, 1.165) is 12.8 Å². The molecule has 0 heterocycles. The molecule has 0 aromatic heterocycles. The van der Waals surface area contributed by atoms with Crippen molar-refractivity contribution in [3.63, 3.8) is 0 Å². The highest BCUT2D eigenvalue weighted by molar-refractivity contribution is 6.62. The molecule has 27 heavy (non-hydrogen) atoms. The van der Waals surface area contributed by atoms with E-state index in [-0.39, 0.29) is 11.3 Å². The fraction of sp³-hybridized carbons (Fsp3) is 0.957. The van der Waals surface area contributed by atoms with E-state index in [1.165, 1.54) is 51.4 Å². The first-order valence-corrected chi connectivity index (χ1v) is 11.3. The average Bonchev–Trinajstić information content (AvgIpc) is 2.59. The Morgan fingerprint density at radius 2 is 1.26 bits per heavy atom. The maximum atomic E-state index is 14.9. The molecular formula is C23H47BFNO. The standard InChI is InChI=1S/C23H47BFNO/c1-9-11-13-15-17-23(8,18-16-14-12-10-2)19-26-20(27)22(6,7)24(25)21(3,4)5/h9-19H2,1-8H3,(H,26,27). The summed E-state index contributed by atoms with van der Waals surface area (Å²) in [6, 6.07) is 0. The molecule has 0 bridgehead atoms. The van der Waals surface area contributed by atoms with Crippen LogP contribution in [0.4, 0.5) is 4.32 Å². The Morgan fingerprint density at radius 3 is 1.63 bits per heavy atom. The van der Waals surface area contributed by atoms with Crippen LogP contribution in [0.3, 0.4) is 0 Å². The Balaban J connectivity index is 4.85. The molecule has 0 aliphatic carbocycles. The fourth-order valence-corrected chi connectivity index (χ4v) is 3.98. The third kappa shape index (κ3) is 9.99. The minimum absolute atomic E-state index is 0.112. The molecule has 0 aliphatic heterocycles. The van der Waals surface area contributed by atoms with Crippen LogP contribution in [0.1, 0.15) is 120 Å². The number of amides is 1. The number of unbranched alkanes of at least 4 members (excludes halogenated alkanes) is 6. The summed E-state index contributed by atoms with van der Waals surface area (Å²) in [6.45, 7) is 15.3. The van der Waals surface area contributed by atoms with Crippen molar-refractivity contribution in [2.45, 2.75) is 130 Å². The van der Waals surface area contributed by atoms with E-state index >= 15 is 0 Å². The van der Waals surface area contributed by atoms with Crippen molar-refractivity contribution in [1.82, 2.24) is 5.32 Å². The molecule has 160 valence electrons. The molecule has 0 saturated heterocycles. The van der Waals surface area contributed by atoms with Crippen molar-refractivity contribution in [3.05, 3.63) is 0 Å². The molecule has 1 amide bonds. The number of nitrogens with one attached hydrogen (secondary N) is 1. The van der Waals surface area contributed by atoms with Crippen molar-refractivity contribution in [2.75, 3.05) is 6.54 Å². The molecule has 0 atom stereocenters. The number of hydrogen-bond donors (Lipinski definition) is 1. The summed E-state index contributed by atoms with van der Waals surface area (Å²) in [5, 5.41) is 1.57. The van der Waals surface area contributed by atoms with Crippen LogP contribution >= 0.6 is 0 Å². The van der Waals surface area contributed by atoms with Crippen molar-refractivity contribution < 1.29 is 9.11 Å². The first-order chi connectivity index (χ1) is 12.4. The molecule has 0 fully saturated rings. The predicted octanol–water partition coefficient (Wildman–Crippen LogP) is 7.59. The lowest BCUT2D eigenvalue weighted by molar-refractivity contribution is -0.124. The molecule has 0 aromatic rings. The Morgan fingerprint density at radius 1 is 0.815 bits per heavy atom. The summed E-state index contributed by atoms with van der Waals surface area (Å²) in [5.74, 6) is -0.154. The number of carbonyl (C=O) groups excluding carboxylic acids is 1. The minimum atomic E-state index is -1.18. The lowest BCUT2D eigenvalue weighted by atomic mass is 9.37. The molecule has 0 aliphatic rings. The number of halogens is 1. The molecule has 0 unspecified atom stereocenters. The lowest BCUT2D eigenvalue weighted by Crippen LogP contribution is -2.46. The summed E-state index contributed by atoms with van der Waals surface area (Å²) in [6.07, 6.45) is 12.3. The van der Waals surface area contributed by atoms with Gasteiger partial charge in [-0.3, -0.25) is 4.79 Å². The van der Waals surface area contributed by atoms with E-state index in [1.807, 2.05) is 20.8 Å². The van der Waals surface area contributed by atoms with Gasteiger partial charge in [0.15, 0.2) is 0 Å². The third-order valence-corrected chi connectivity index (χ3v) is 5.92. The average molecular weight is 383 g/mol. The number of carbonyl (C=O) groups is 1. The highest BCUT2D eigenvalue weighted by Crippen LogP contribution is 2.43. The van der Waals surface area contributed by atoms with Gasteiger partial charge in [-0.1, -0.05) is 107 Å². The summed E-state index contributed by atoms with van der Waals surface area (Å²) in [7, 11) is 0. The van der Waals surface area contributed by atoms with Crippen LogP contribution in [0.2, 0.25) is 10.6 Å². The molecule has 0 radical (unpaired) electrons. The largest absolute Gasteiger partial charge is 0.368 e. The van der Waals surface area contributed by atoms with Crippen LogP contribution in [-0.2, 0) is 4.79 Å². The van der Waals surface area contributed by atoms with Crippen molar-refractivity contribution >= 4 is 12.9 Å². The van der Waals surface area contributed by atoms with Crippen LogP contribution in [0, 0.1) is 5.41 Å². The normalized spacial score (nSPS) is 12.9. The Kier molecular flexibility index (Phi) is 11.9.